The second-order valence-electron chi connectivity index (χ2n) is 3.75. The van der Waals surface area contributed by atoms with E-state index in [1.807, 2.05) is 0 Å². The van der Waals surface area contributed by atoms with Crippen LogP contribution in [0, 0.1) is 0 Å². The molecule has 8 heteroatoms. The molecule has 0 atom stereocenters. The van der Waals surface area contributed by atoms with Gasteiger partial charge in [0.05, 0.1) is 22.2 Å². The molecule has 0 saturated heterocycles. The van der Waals surface area contributed by atoms with Crippen LogP contribution in [0.5, 0.6) is 5.88 Å². The summed E-state index contributed by atoms with van der Waals surface area (Å²) in [6.45, 7) is 1.94. The second-order valence-corrected chi connectivity index (χ2v) is 6.13. The highest BCUT2D eigenvalue weighted by Gasteiger charge is 2.25. The zero-order valence-electron chi connectivity index (χ0n) is 9.80. The number of hydrogen-bond donors (Lipinski definition) is 2. The molecule has 0 aliphatic heterocycles. The average molecular weight is 322 g/mol. The lowest BCUT2D eigenvalue weighted by atomic mass is 10.2. The van der Waals surface area contributed by atoms with Crippen LogP contribution >= 0.6 is 30.8 Å². The minimum absolute atomic E-state index is 0.0956. The van der Waals surface area contributed by atoms with Crippen molar-refractivity contribution in [3.8, 4) is 5.88 Å². The number of halogens is 2. The lowest BCUT2D eigenvalue weighted by Crippen LogP contribution is -2.12. The van der Waals surface area contributed by atoms with Gasteiger partial charge in [-0.05, 0) is 25.1 Å². The van der Waals surface area contributed by atoms with Gasteiger partial charge in [-0.25, -0.2) is 4.98 Å². The van der Waals surface area contributed by atoms with Crippen LogP contribution in [-0.4, -0.2) is 21.4 Å². The third-order valence-electron chi connectivity index (χ3n) is 2.40. The summed E-state index contributed by atoms with van der Waals surface area (Å²) >= 11 is 11.8. The predicted octanol–water partition coefficient (Wildman–Crippen LogP) is 2.74. The van der Waals surface area contributed by atoms with E-state index in [0.29, 0.717) is 15.9 Å². The van der Waals surface area contributed by atoms with Crippen LogP contribution in [-0.2, 0) is 4.57 Å². The predicted molar refractivity (Wildman–Crippen MR) is 74.6 cm³/mol. The number of rotatable bonds is 3. The number of ether oxygens (including phenoxy) is 1. The highest BCUT2D eigenvalue weighted by Crippen LogP contribution is 2.38. The van der Waals surface area contributed by atoms with E-state index in [1.54, 1.807) is 6.92 Å². The molecule has 19 heavy (non-hydrogen) atoms. The van der Waals surface area contributed by atoms with Gasteiger partial charge in [-0.2, -0.15) is 0 Å². The first-order chi connectivity index (χ1) is 8.82. The maximum atomic E-state index is 11.4. The monoisotopic (exact) mass is 321 g/mol. The third kappa shape index (κ3) is 3.02. The Morgan fingerprint density at radius 3 is 2.47 bits per heavy atom. The number of hydrogen-bond acceptors (Lipinski definition) is 3. The number of nitrogens with zero attached hydrogens (tertiary/aromatic N) is 1. The van der Waals surface area contributed by atoms with Crippen LogP contribution in [0.15, 0.2) is 18.2 Å². The molecule has 0 fully saturated rings. The summed E-state index contributed by atoms with van der Waals surface area (Å²) in [6.07, 6.45) is 0. The zero-order chi connectivity index (χ0) is 14.2. The first kappa shape index (κ1) is 14.6. The molecule has 5 nitrogen and oxygen atoms in total. The van der Waals surface area contributed by atoms with Gasteiger partial charge in [0.1, 0.15) is 5.30 Å². The first-order valence-corrected chi connectivity index (χ1v) is 7.68. The summed E-state index contributed by atoms with van der Waals surface area (Å²) in [4.78, 5) is 22.7. The van der Waals surface area contributed by atoms with Gasteiger partial charge >= 0.3 is 7.60 Å². The molecule has 0 aliphatic carbocycles. The summed E-state index contributed by atoms with van der Waals surface area (Å²) in [7, 11) is -4.48. The average Bonchev–Trinajstić information content (AvgIpc) is 2.29. The standard InChI is InChI=1S/C11H10Cl2NO4P/c1-2-18-11-10(19(15,16)17)4-6-3-7(12)8(13)5-9(6)14-11/h3-5H,2H2,1H3,(H2,15,16,17). The number of aromatic nitrogens is 1. The van der Waals surface area contributed by atoms with E-state index in [9.17, 15) is 14.4 Å². The van der Waals surface area contributed by atoms with E-state index in [4.69, 9.17) is 27.9 Å². The van der Waals surface area contributed by atoms with Crippen molar-refractivity contribution in [1.29, 1.82) is 0 Å². The Morgan fingerprint density at radius 2 is 1.89 bits per heavy atom. The Bertz CT molecular complexity index is 686. The normalized spacial score (nSPS) is 11.8. The molecule has 0 saturated carbocycles. The lowest BCUT2D eigenvalue weighted by molar-refractivity contribution is 0.327. The second kappa shape index (κ2) is 5.27. The Kier molecular flexibility index (Phi) is 4.04. The molecule has 2 aromatic rings. The number of benzene rings is 1. The molecule has 0 amide bonds. The van der Waals surface area contributed by atoms with Gasteiger partial charge in [-0.1, -0.05) is 23.2 Å². The summed E-state index contributed by atoms with van der Waals surface area (Å²) in [6, 6.07) is 4.34. The van der Waals surface area contributed by atoms with Crippen LogP contribution < -0.4 is 10.0 Å². The number of fused-ring (bicyclic) bond motifs is 1. The largest absolute Gasteiger partial charge is 0.477 e. The number of pyridine rings is 1. The molecule has 1 heterocycles. The van der Waals surface area contributed by atoms with Crippen molar-refractivity contribution in [3.63, 3.8) is 0 Å². The van der Waals surface area contributed by atoms with Gasteiger partial charge in [-0.15, -0.1) is 0 Å². The Balaban J connectivity index is 2.76. The molecular formula is C11H10Cl2NO4P. The fraction of sp³-hybridized carbons (Fsp3) is 0.182. The molecule has 2 N–H and O–H groups in total. The molecule has 0 aliphatic rings. The van der Waals surface area contributed by atoms with E-state index in [0.717, 1.165) is 0 Å². The maximum Gasteiger partial charge on any atom is 0.361 e. The summed E-state index contributed by atoms with van der Waals surface area (Å²) in [5, 5.41) is 0.821. The SMILES string of the molecule is CCOc1nc2cc(Cl)c(Cl)cc2cc1P(=O)(O)O. The van der Waals surface area contributed by atoms with Crippen LogP contribution in [0.3, 0.4) is 0 Å². The van der Waals surface area contributed by atoms with Crippen LogP contribution in [0.25, 0.3) is 10.9 Å². The first-order valence-electron chi connectivity index (χ1n) is 5.31. The van der Waals surface area contributed by atoms with Gasteiger partial charge in [0.2, 0.25) is 5.88 Å². The molecule has 0 bridgehead atoms. The van der Waals surface area contributed by atoms with Crippen molar-refractivity contribution >= 4 is 47.0 Å². The molecule has 102 valence electrons. The van der Waals surface area contributed by atoms with E-state index in [-0.39, 0.29) is 22.8 Å². The fourth-order valence-corrected chi connectivity index (χ4v) is 2.59. The summed E-state index contributed by atoms with van der Waals surface area (Å²) in [5.41, 5.74) is 0.454. The van der Waals surface area contributed by atoms with Crippen molar-refractivity contribution < 1.29 is 19.1 Å². The lowest BCUT2D eigenvalue weighted by Gasteiger charge is -2.12. The van der Waals surface area contributed by atoms with Crippen molar-refractivity contribution in [2.24, 2.45) is 0 Å². The van der Waals surface area contributed by atoms with Crippen molar-refractivity contribution in [2.75, 3.05) is 6.61 Å². The minimum atomic E-state index is -4.48. The summed E-state index contributed by atoms with van der Waals surface area (Å²) < 4.78 is 16.6. The van der Waals surface area contributed by atoms with Crippen LogP contribution in [0.4, 0.5) is 0 Å². The molecule has 0 unspecified atom stereocenters. The zero-order valence-corrected chi connectivity index (χ0v) is 12.2. The van der Waals surface area contributed by atoms with Crippen molar-refractivity contribution in [1.82, 2.24) is 4.98 Å². The molecule has 0 radical (unpaired) electrons. The van der Waals surface area contributed by atoms with Gasteiger partial charge in [-0.3, -0.25) is 4.57 Å². The van der Waals surface area contributed by atoms with E-state index in [1.165, 1.54) is 18.2 Å². The van der Waals surface area contributed by atoms with Gasteiger partial charge in [0.15, 0.2) is 0 Å². The molecule has 0 spiro atoms. The summed E-state index contributed by atoms with van der Waals surface area (Å²) in [5.74, 6) is -0.0956. The van der Waals surface area contributed by atoms with Crippen LogP contribution in [0.1, 0.15) is 6.92 Å². The molecule has 1 aromatic carbocycles. The van der Waals surface area contributed by atoms with Gasteiger partial charge in [0, 0.05) is 5.39 Å². The van der Waals surface area contributed by atoms with Crippen LogP contribution in [0.2, 0.25) is 10.0 Å². The Labute approximate surface area is 119 Å². The minimum Gasteiger partial charge on any atom is -0.477 e. The van der Waals surface area contributed by atoms with Crippen molar-refractivity contribution in [3.05, 3.63) is 28.2 Å². The molecule has 1 aromatic heterocycles. The highest BCUT2D eigenvalue weighted by atomic mass is 35.5. The highest BCUT2D eigenvalue weighted by molar-refractivity contribution is 7.60. The van der Waals surface area contributed by atoms with E-state index >= 15 is 0 Å². The molecular weight excluding hydrogens is 312 g/mol. The molecule has 2 rings (SSSR count). The smallest absolute Gasteiger partial charge is 0.361 e. The topological polar surface area (TPSA) is 79.7 Å². The Hall–Kier alpha value is -0.840. The third-order valence-corrected chi connectivity index (χ3v) is 4.07. The van der Waals surface area contributed by atoms with Gasteiger partial charge < -0.3 is 14.5 Å². The maximum absolute atomic E-state index is 11.4. The van der Waals surface area contributed by atoms with Gasteiger partial charge in [0.25, 0.3) is 0 Å². The van der Waals surface area contributed by atoms with E-state index < -0.39 is 7.60 Å². The fourth-order valence-electron chi connectivity index (χ4n) is 1.59. The van der Waals surface area contributed by atoms with Crippen molar-refractivity contribution in [2.45, 2.75) is 6.92 Å². The Morgan fingerprint density at radius 1 is 1.26 bits per heavy atom. The van der Waals surface area contributed by atoms with E-state index in [2.05, 4.69) is 4.98 Å². The quantitative estimate of drug-likeness (QED) is 0.850.